The average Bonchev–Trinajstić information content (AvgIpc) is 3.72. The van der Waals surface area contributed by atoms with E-state index in [1.54, 1.807) is 13.0 Å². The number of benzene rings is 3. The molecule has 3 aromatic rings. The number of carbonyl (C=O) groups is 2. The van der Waals surface area contributed by atoms with Crippen LogP contribution in [0.2, 0.25) is 10.0 Å². The molecule has 1 heterocycles. The Morgan fingerprint density at radius 3 is 2.20 bits per heavy atom. The molecule has 0 bridgehead atoms. The minimum absolute atomic E-state index is 0.0570. The molecule has 1 aliphatic carbocycles. The van der Waals surface area contributed by atoms with Crippen molar-refractivity contribution >= 4 is 34.9 Å². The molecule has 1 saturated heterocycles. The van der Waals surface area contributed by atoms with Gasteiger partial charge < -0.3 is 15.1 Å². The first-order valence-corrected chi connectivity index (χ1v) is 15.2. The molecule has 1 N–H and O–H groups in total. The van der Waals surface area contributed by atoms with Crippen molar-refractivity contribution in [3.8, 4) is 0 Å². The van der Waals surface area contributed by atoms with E-state index in [9.17, 15) is 9.59 Å². The number of nitrogens with one attached hydrogen (secondary N) is 1. The number of likely N-dealkylation sites (tertiary alicyclic amines) is 1. The predicted octanol–water partition coefficient (Wildman–Crippen LogP) is 6.64. The highest BCUT2D eigenvalue weighted by Crippen LogP contribution is 2.57. The van der Waals surface area contributed by atoms with Crippen LogP contribution >= 0.6 is 23.2 Å². The molecule has 1 saturated carbocycles. The van der Waals surface area contributed by atoms with Gasteiger partial charge in [-0.15, -0.1) is 0 Å². The zero-order valence-electron chi connectivity index (χ0n) is 24.1. The summed E-state index contributed by atoms with van der Waals surface area (Å²) < 4.78 is 0. The van der Waals surface area contributed by atoms with E-state index < -0.39 is 5.41 Å². The Morgan fingerprint density at radius 2 is 1.59 bits per heavy atom. The highest BCUT2D eigenvalue weighted by Gasteiger charge is 2.62. The number of nitrogens with zero attached hydrogens (tertiary/aromatic N) is 2. The van der Waals surface area contributed by atoms with Crippen LogP contribution in [0.3, 0.4) is 0 Å². The Labute approximate surface area is 253 Å². The molecule has 0 spiro atoms. The van der Waals surface area contributed by atoms with Gasteiger partial charge in [0.2, 0.25) is 5.91 Å². The highest BCUT2D eigenvalue weighted by atomic mass is 35.5. The van der Waals surface area contributed by atoms with Crippen molar-refractivity contribution in [1.29, 1.82) is 0 Å². The number of Topliss-reactive ketones (excluding diaryl/α,β-unsaturated/α-hetero) is 1. The molecule has 216 valence electrons. The summed E-state index contributed by atoms with van der Waals surface area (Å²) in [6.45, 7) is 6.67. The lowest BCUT2D eigenvalue weighted by atomic mass is 9.80. The Bertz CT molecular complexity index is 1380. The molecule has 2 aliphatic rings. The van der Waals surface area contributed by atoms with Gasteiger partial charge >= 0.3 is 0 Å². The van der Waals surface area contributed by atoms with Crippen LogP contribution in [0.25, 0.3) is 0 Å². The number of carbonyl (C=O) groups excluding carboxylic acids is 2. The van der Waals surface area contributed by atoms with Gasteiger partial charge in [-0.2, -0.15) is 0 Å². The van der Waals surface area contributed by atoms with Crippen LogP contribution in [-0.2, 0) is 20.5 Å². The first-order chi connectivity index (χ1) is 19.7. The number of hydrogen-bond acceptors (Lipinski definition) is 4. The summed E-state index contributed by atoms with van der Waals surface area (Å²) in [6, 6.07) is 26.2. The topological polar surface area (TPSA) is 52.7 Å². The molecule has 0 aromatic heterocycles. The SMILES string of the molecule is CC(=O)CNC1(c2ccccc2)CCN(CC2CC2(C(=O)N(C)C(C)c2ccccc2)c2ccc(Cl)c(Cl)c2)CC1. The van der Waals surface area contributed by atoms with Gasteiger partial charge in [0.05, 0.1) is 28.0 Å². The van der Waals surface area contributed by atoms with Gasteiger partial charge in [0.25, 0.3) is 0 Å². The summed E-state index contributed by atoms with van der Waals surface area (Å²) in [6.07, 6.45) is 2.57. The predicted molar refractivity (Wildman–Crippen MR) is 166 cm³/mol. The van der Waals surface area contributed by atoms with Gasteiger partial charge in [-0.3, -0.25) is 9.59 Å². The summed E-state index contributed by atoms with van der Waals surface area (Å²) in [5.74, 6) is 0.433. The lowest BCUT2D eigenvalue weighted by Gasteiger charge is -2.43. The number of amides is 1. The molecule has 1 amide bonds. The zero-order chi connectivity index (χ0) is 29.2. The second-order valence-corrected chi connectivity index (χ2v) is 12.6. The molecule has 3 aromatic carbocycles. The number of hydrogen-bond donors (Lipinski definition) is 1. The van der Waals surface area contributed by atoms with Gasteiger partial charge in [-0.1, -0.05) is 89.9 Å². The Balaban J connectivity index is 1.35. The summed E-state index contributed by atoms with van der Waals surface area (Å²) in [7, 11) is 1.91. The maximum Gasteiger partial charge on any atom is 0.233 e. The van der Waals surface area contributed by atoms with Crippen molar-refractivity contribution in [2.24, 2.45) is 5.92 Å². The number of piperidine rings is 1. The minimum atomic E-state index is -0.632. The van der Waals surface area contributed by atoms with E-state index in [2.05, 4.69) is 53.5 Å². The van der Waals surface area contributed by atoms with E-state index >= 15 is 0 Å². The molecule has 7 heteroatoms. The van der Waals surface area contributed by atoms with E-state index in [0.717, 1.165) is 50.0 Å². The number of rotatable bonds is 10. The highest BCUT2D eigenvalue weighted by molar-refractivity contribution is 6.42. The molecule has 41 heavy (non-hydrogen) atoms. The lowest BCUT2D eigenvalue weighted by Crippen LogP contribution is -2.52. The van der Waals surface area contributed by atoms with E-state index in [4.69, 9.17) is 23.2 Å². The van der Waals surface area contributed by atoms with Crippen LogP contribution in [0.1, 0.15) is 55.8 Å². The van der Waals surface area contributed by atoms with Gasteiger partial charge in [-0.25, -0.2) is 0 Å². The van der Waals surface area contributed by atoms with Crippen molar-refractivity contribution in [3.05, 3.63) is 106 Å². The number of halogens is 2. The van der Waals surface area contributed by atoms with Gasteiger partial charge in [0, 0.05) is 32.2 Å². The van der Waals surface area contributed by atoms with Crippen LogP contribution in [0.4, 0.5) is 0 Å². The second-order valence-electron chi connectivity index (χ2n) is 11.8. The standard InChI is InChI=1S/C34H39Cl2N3O2/c1-24(40)22-37-33(27-12-8-5-9-13-27)16-18-39(19-17-33)23-29-21-34(29,28-14-15-30(35)31(36)20-28)32(41)38(3)25(2)26-10-6-4-7-11-26/h4-15,20,25,29,37H,16-19,21-23H2,1-3H3. The maximum atomic E-state index is 14.3. The maximum absolute atomic E-state index is 14.3. The van der Waals surface area contributed by atoms with Gasteiger partial charge in [0.15, 0.2) is 0 Å². The van der Waals surface area contributed by atoms with Crippen molar-refractivity contribution in [2.45, 2.75) is 50.1 Å². The number of ketones is 1. The smallest absolute Gasteiger partial charge is 0.233 e. The molecule has 3 atom stereocenters. The average molecular weight is 593 g/mol. The van der Waals surface area contributed by atoms with Crippen LogP contribution in [0.5, 0.6) is 0 Å². The summed E-state index contributed by atoms with van der Waals surface area (Å²) in [5, 5.41) is 4.56. The molecule has 0 radical (unpaired) electrons. The fraction of sp³-hybridized carbons (Fsp3) is 0.412. The normalized spacial score (nSPS) is 22.6. The molecular formula is C34H39Cl2N3O2. The van der Waals surface area contributed by atoms with Crippen molar-refractivity contribution in [1.82, 2.24) is 15.1 Å². The fourth-order valence-corrected chi connectivity index (χ4v) is 6.85. The van der Waals surface area contributed by atoms with Crippen molar-refractivity contribution in [3.63, 3.8) is 0 Å². The minimum Gasteiger partial charge on any atom is -0.338 e. The number of likely N-dealkylation sites (N-methyl/N-ethyl adjacent to an activating group) is 1. The molecule has 5 rings (SSSR count). The fourth-order valence-electron chi connectivity index (χ4n) is 6.56. The van der Waals surface area contributed by atoms with Crippen LogP contribution in [-0.4, -0.2) is 54.7 Å². The van der Waals surface area contributed by atoms with E-state index in [1.807, 2.05) is 48.3 Å². The largest absolute Gasteiger partial charge is 0.338 e. The van der Waals surface area contributed by atoms with Gasteiger partial charge in [0.1, 0.15) is 5.78 Å². The summed E-state index contributed by atoms with van der Waals surface area (Å²) in [4.78, 5) is 30.5. The zero-order valence-corrected chi connectivity index (χ0v) is 25.6. The van der Waals surface area contributed by atoms with Crippen LogP contribution in [0, 0.1) is 5.92 Å². The quantitative estimate of drug-likeness (QED) is 0.287. The van der Waals surface area contributed by atoms with Crippen molar-refractivity contribution in [2.75, 3.05) is 33.2 Å². The van der Waals surface area contributed by atoms with Crippen LogP contribution < -0.4 is 5.32 Å². The monoisotopic (exact) mass is 591 g/mol. The van der Waals surface area contributed by atoms with Crippen LogP contribution in [0.15, 0.2) is 78.9 Å². The third-order valence-electron chi connectivity index (χ3n) is 9.30. The van der Waals surface area contributed by atoms with E-state index in [1.165, 1.54) is 5.56 Å². The molecule has 1 aliphatic heterocycles. The first-order valence-electron chi connectivity index (χ1n) is 14.5. The first kappa shape index (κ1) is 29.8. The summed E-state index contributed by atoms with van der Waals surface area (Å²) >= 11 is 12.7. The Morgan fingerprint density at radius 1 is 0.951 bits per heavy atom. The molecule has 2 fully saturated rings. The van der Waals surface area contributed by atoms with E-state index in [-0.39, 0.29) is 29.2 Å². The Hall–Kier alpha value is -2.70. The van der Waals surface area contributed by atoms with Gasteiger partial charge in [-0.05, 0) is 67.9 Å². The molecular weight excluding hydrogens is 553 g/mol. The Kier molecular flexibility index (Phi) is 8.91. The third kappa shape index (κ3) is 6.10. The lowest BCUT2D eigenvalue weighted by molar-refractivity contribution is -0.135. The summed E-state index contributed by atoms with van der Waals surface area (Å²) in [5.41, 5.74) is 2.41. The van der Waals surface area contributed by atoms with Crippen molar-refractivity contribution < 1.29 is 9.59 Å². The third-order valence-corrected chi connectivity index (χ3v) is 10.0. The molecule has 5 nitrogen and oxygen atoms in total. The molecule has 3 unspecified atom stereocenters. The second kappa shape index (κ2) is 12.3. The van der Waals surface area contributed by atoms with E-state index in [0.29, 0.717) is 16.6 Å².